The van der Waals surface area contributed by atoms with E-state index in [1.165, 1.54) is 7.11 Å². The van der Waals surface area contributed by atoms with Gasteiger partial charge >= 0.3 is 0 Å². The number of aldehydes is 1. The highest BCUT2D eigenvalue weighted by atomic mass is 79.9. The molecule has 0 unspecified atom stereocenters. The van der Waals surface area contributed by atoms with Crippen molar-refractivity contribution < 1.29 is 19.1 Å². The van der Waals surface area contributed by atoms with Crippen molar-refractivity contribution in [3.05, 3.63) is 58.1 Å². The van der Waals surface area contributed by atoms with E-state index in [1.54, 1.807) is 36.4 Å². The number of Topliss-reactive ketones (excluding diaryl/α,β-unsaturated/α-hetero) is 1. The summed E-state index contributed by atoms with van der Waals surface area (Å²) < 4.78 is 11.3. The lowest BCUT2D eigenvalue weighted by molar-refractivity contribution is 0.0918. The molecule has 0 amide bonds. The van der Waals surface area contributed by atoms with Gasteiger partial charge < -0.3 is 9.47 Å². The molecule has 0 radical (unpaired) electrons. The summed E-state index contributed by atoms with van der Waals surface area (Å²) in [5.74, 6) is 0.656. The molecule has 5 heteroatoms. The van der Waals surface area contributed by atoms with Gasteiger partial charge in [0.05, 0.1) is 11.6 Å². The maximum atomic E-state index is 12.0. The molecule has 108 valence electrons. The molecule has 2 aromatic carbocycles. The van der Waals surface area contributed by atoms with Crippen LogP contribution in [0.1, 0.15) is 20.7 Å². The Labute approximate surface area is 130 Å². The highest BCUT2D eigenvalue weighted by Gasteiger charge is 2.14. The number of benzene rings is 2. The first-order chi connectivity index (χ1) is 10.2. The molecule has 2 rings (SSSR count). The minimum atomic E-state index is -0.135. The van der Waals surface area contributed by atoms with Crippen molar-refractivity contribution in [1.82, 2.24) is 0 Å². The molecule has 0 N–H and O–H groups in total. The van der Waals surface area contributed by atoms with E-state index in [0.29, 0.717) is 33.4 Å². The van der Waals surface area contributed by atoms with Crippen LogP contribution < -0.4 is 9.47 Å². The zero-order valence-corrected chi connectivity index (χ0v) is 12.9. The van der Waals surface area contributed by atoms with Crippen LogP contribution in [0.5, 0.6) is 11.5 Å². The summed E-state index contributed by atoms with van der Waals surface area (Å²) in [6, 6.07) is 12.1. The first-order valence-corrected chi connectivity index (χ1v) is 6.98. The second-order valence-corrected chi connectivity index (χ2v) is 5.08. The van der Waals surface area contributed by atoms with Crippen LogP contribution >= 0.6 is 15.9 Å². The molecule has 0 aliphatic rings. The second-order valence-electron chi connectivity index (χ2n) is 4.23. The van der Waals surface area contributed by atoms with E-state index in [0.717, 1.165) is 0 Å². The first kappa shape index (κ1) is 15.3. The van der Waals surface area contributed by atoms with Crippen LogP contribution in [0.2, 0.25) is 0 Å². The average molecular weight is 349 g/mol. The predicted octanol–water partition coefficient (Wildman–Crippen LogP) is 3.53. The fourth-order valence-electron chi connectivity index (χ4n) is 1.79. The number of rotatable bonds is 6. The summed E-state index contributed by atoms with van der Waals surface area (Å²) in [6.45, 7) is -0.112. The third kappa shape index (κ3) is 3.70. The van der Waals surface area contributed by atoms with Gasteiger partial charge in [-0.05, 0) is 28.1 Å². The summed E-state index contributed by atoms with van der Waals surface area (Å²) in [5, 5.41) is 0. The second kappa shape index (κ2) is 7.04. The van der Waals surface area contributed by atoms with Crippen LogP contribution in [0.25, 0.3) is 0 Å². The Hall–Kier alpha value is -2.14. The minimum Gasteiger partial charge on any atom is -0.493 e. The molecular weight excluding hydrogens is 336 g/mol. The summed E-state index contributed by atoms with van der Waals surface area (Å²) in [4.78, 5) is 22.8. The Kier molecular flexibility index (Phi) is 5.11. The molecule has 0 saturated heterocycles. The van der Waals surface area contributed by atoms with Crippen LogP contribution in [-0.2, 0) is 0 Å². The van der Waals surface area contributed by atoms with Crippen molar-refractivity contribution in [1.29, 1.82) is 0 Å². The molecule has 0 fully saturated rings. The molecule has 0 atom stereocenters. The van der Waals surface area contributed by atoms with Crippen LogP contribution in [0, 0.1) is 0 Å². The smallest absolute Gasteiger partial charge is 0.200 e. The van der Waals surface area contributed by atoms with Crippen molar-refractivity contribution in [2.24, 2.45) is 0 Å². The van der Waals surface area contributed by atoms with E-state index >= 15 is 0 Å². The number of hydrogen-bond donors (Lipinski definition) is 0. The molecule has 21 heavy (non-hydrogen) atoms. The topological polar surface area (TPSA) is 52.6 Å². The number of ketones is 1. The van der Waals surface area contributed by atoms with Crippen molar-refractivity contribution in [3.63, 3.8) is 0 Å². The summed E-state index contributed by atoms with van der Waals surface area (Å²) >= 11 is 3.31. The number of ether oxygens (including phenoxy) is 2. The van der Waals surface area contributed by atoms with E-state index in [-0.39, 0.29) is 12.4 Å². The fourth-order valence-corrected chi connectivity index (χ4v) is 2.37. The molecule has 0 heterocycles. The van der Waals surface area contributed by atoms with Crippen molar-refractivity contribution in [2.75, 3.05) is 13.7 Å². The zero-order chi connectivity index (χ0) is 15.2. The fraction of sp³-hybridized carbons (Fsp3) is 0.125. The van der Waals surface area contributed by atoms with Gasteiger partial charge in [0.2, 0.25) is 0 Å². The molecule has 0 aromatic heterocycles. The lowest BCUT2D eigenvalue weighted by Crippen LogP contribution is -2.12. The number of methoxy groups -OCH3 is 1. The van der Waals surface area contributed by atoms with E-state index in [2.05, 4.69) is 15.9 Å². The molecule has 0 aliphatic carbocycles. The number of halogens is 1. The largest absolute Gasteiger partial charge is 0.493 e. The lowest BCUT2D eigenvalue weighted by atomic mass is 10.1. The third-order valence-corrected chi connectivity index (χ3v) is 3.42. The van der Waals surface area contributed by atoms with E-state index in [4.69, 9.17) is 9.47 Å². The highest BCUT2D eigenvalue weighted by Crippen LogP contribution is 2.36. The van der Waals surface area contributed by atoms with Gasteiger partial charge in [0.15, 0.2) is 23.9 Å². The van der Waals surface area contributed by atoms with Gasteiger partial charge in [-0.25, -0.2) is 0 Å². The predicted molar refractivity (Wildman–Crippen MR) is 82.3 cm³/mol. The Bertz CT molecular complexity index is 653. The van der Waals surface area contributed by atoms with Crippen LogP contribution in [0.15, 0.2) is 46.9 Å². The normalized spacial score (nSPS) is 10.0. The SMILES string of the molecule is COc1cc(C=O)cc(Br)c1OCC(=O)c1ccccc1. The molecule has 0 aliphatic heterocycles. The van der Waals surface area contributed by atoms with Gasteiger partial charge in [0, 0.05) is 11.1 Å². The van der Waals surface area contributed by atoms with Crippen molar-refractivity contribution in [2.45, 2.75) is 0 Å². The van der Waals surface area contributed by atoms with E-state index in [9.17, 15) is 9.59 Å². The van der Waals surface area contributed by atoms with Gasteiger partial charge in [-0.1, -0.05) is 30.3 Å². The maximum absolute atomic E-state index is 12.0. The Morgan fingerprint density at radius 2 is 1.95 bits per heavy atom. The molecule has 0 saturated carbocycles. The monoisotopic (exact) mass is 348 g/mol. The van der Waals surface area contributed by atoms with Crippen LogP contribution in [-0.4, -0.2) is 25.8 Å². The average Bonchev–Trinajstić information content (AvgIpc) is 2.53. The van der Waals surface area contributed by atoms with Gasteiger partial charge in [-0.3, -0.25) is 9.59 Å². The van der Waals surface area contributed by atoms with Crippen molar-refractivity contribution in [3.8, 4) is 11.5 Å². The molecule has 0 bridgehead atoms. The molecule has 4 nitrogen and oxygen atoms in total. The number of carbonyl (C=O) groups excluding carboxylic acids is 2. The first-order valence-electron chi connectivity index (χ1n) is 6.19. The van der Waals surface area contributed by atoms with Crippen LogP contribution in [0.4, 0.5) is 0 Å². The summed E-state index contributed by atoms with van der Waals surface area (Å²) in [6.07, 6.45) is 0.714. The van der Waals surface area contributed by atoms with Crippen molar-refractivity contribution >= 4 is 28.0 Å². The molecule has 0 spiro atoms. The molecule has 2 aromatic rings. The van der Waals surface area contributed by atoms with Gasteiger partial charge in [-0.2, -0.15) is 0 Å². The van der Waals surface area contributed by atoms with Crippen LogP contribution in [0.3, 0.4) is 0 Å². The Morgan fingerprint density at radius 3 is 2.57 bits per heavy atom. The van der Waals surface area contributed by atoms with E-state index in [1.807, 2.05) is 6.07 Å². The van der Waals surface area contributed by atoms with Gasteiger partial charge in [0.25, 0.3) is 0 Å². The molecular formula is C16H13BrO4. The number of hydrogen-bond acceptors (Lipinski definition) is 4. The minimum absolute atomic E-state index is 0.112. The maximum Gasteiger partial charge on any atom is 0.200 e. The Morgan fingerprint density at radius 1 is 1.24 bits per heavy atom. The summed E-state index contributed by atoms with van der Waals surface area (Å²) in [7, 11) is 1.47. The standard InChI is InChI=1S/C16H13BrO4/c1-20-15-8-11(9-18)7-13(17)16(15)21-10-14(19)12-5-3-2-4-6-12/h2-9H,10H2,1H3. The van der Waals surface area contributed by atoms with Gasteiger partial charge in [0.1, 0.15) is 6.29 Å². The lowest BCUT2D eigenvalue weighted by Gasteiger charge is -2.12. The van der Waals surface area contributed by atoms with E-state index < -0.39 is 0 Å². The number of carbonyl (C=O) groups is 2. The quantitative estimate of drug-likeness (QED) is 0.591. The van der Waals surface area contributed by atoms with Gasteiger partial charge in [-0.15, -0.1) is 0 Å². The Balaban J connectivity index is 2.16. The highest BCUT2D eigenvalue weighted by molar-refractivity contribution is 9.10. The zero-order valence-electron chi connectivity index (χ0n) is 11.3. The third-order valence-electron chi connectivity index (χ3n) is 2.83. The summed E-state index contributed by atoms with van der Waals surface area (Å²) in [5.41, 5.74) is 1.04.